The van der Waals surface area contributed by atoms with Gasteiger partial charge in [0, 0.05) is 16.9 Å². The summed E-state index contributed by atoms with van der Waals surface area (Å²) in [5, 5.41) is 23.4. The van der Waals surface area contributed by atoms with Crippen LogP contribution in [0, 0.1) is 56.2 Å². The number of alkyl halides is 3. The molecular formula is C32H43F3N2O3. The van der Waals surface area contributed by atoms with Crippen LogP contribution in [0.1, 0.15) is 93.4 Å². The fraction of sp³-hybridized carbons (Fsp3) is 0.781. The second kappa shape index (κ2) is 8.46. The van der Waals surface area contributed by atoms with E-state index in [-0.39, 0.29) is 17.1 Å². The Balaban J connectivity index is 1.66. The molecule has 0 aromatic carbocycles. The number of ketones is 1. The summed E-state index contributed by atoms with van der Waals surface area (Å²) in [6.07, 6.45) is 1.91. The van der Waals surface area contributed by atoms with E-state index >= 15 is 0 Å². The van der Waals surface area contributed by atoms with E-state index in [4.69, 9.17) is 0 Å². The number of carbonyl (C=O) groups excluding carboxylic acids is 2. The zero-order chi connectivity index (χ0) is 29.9. The number of allylic oxidation sites excluding steroid dienone is 3. The topological polar surface area (TPSA) is 90.2 Å². The highest BCUT2D eigenvalue weighted by Crippen LogP contribution is 2.73. The molecule has 0 spiro atoms. The number of aliphatic hydroxyl groups is 1. The van der Waals surface area contributed by atoms with Crippen LogP contribution in [0.5, 0.6) is 0 Å². The molecule has 5 rings (SSSR count). The molecule has 1 amide bonds. The molecule has 1 unspecified atom stereocenters. The molecule has 0 aromatic heterocycles. The molecule has 0 heterocycles. The fourth-order valence-corrected chi connectivity index (χ4v) is 10.3. The van der Waals surface area contributed by atoms with Crippen molar-refractivity contribution in [2.75, 3.05) is 0 Å². The highest BCUT2D eigenvalue weighted by atomic mass is 19.4. The van der Waals surface area contributed by atoms with Gasteiger partial charge in [-0.15, -0.1) is 0 Å². The van der Waals surface area contributed by atoms with Crippen molar-refractivity contribution in [2.45, 2.75) is 111 Å². The van der Waals surface area contributed by atoms with Crippen LogP contribution in [-0.4, -0.2) is 34.6 Å². The van der Waals surface area contributed by atoms with Gasteiger partial charge >= 0.3 is 12.1 Å². The fourth-order valence-electron chi connectivity index (χ4n) is 10.3. The Morgan fingerprint density at radius 1 is 1.05 bits per heavy atom. The van der Waals surface area contributed by atoms with Gasteiger partial charge in [-0.1, -0.05) is 60.1 Å². The molecule has 8 atom stereocenters. The van der Waals surface area contributed by atoms with E-state index in [9.17, 15) is 33.1 Å². The van der Waals surface area contributed by atoms with Crippen LogP contribution in [0.15, 0.2) is 23.3 Å². The SMILES string of the molecule is CC1(C)CC[C@]2(NC(=O)C(F)(F)F)CC[C@]3(C)[C@H](C(=O)C=C4[C@@]5(C)C=C(C#N)C(O)C(C)(C)[C@@H]5CC[C@]43C)[C@@H]2C1. The average Bonchev–Trinajstić information content (AvgIpc) is 2.83. The van der Waals surface area contributed by atoms with Crippen LogP contribution < -0.4 is 5.32 Å². The summed E-state index contributed by atoms with van der Waals surface area (Å²) >= 11 is 0. The number of nitrogens with zero attached hydrogens (tertiary/aromatic N) is 1. The number of aliphatic hydroxyl groups excluding tert-OH is 1. The molecular weight excluding hydrogens is 517 g/mol. The number of halogens is 3. The van der Waals surface area contributed by atoms with Crippen molar-refractivity contribution in [3.63, 3.8) is 0 Å². The van der Waals surface area contributed by atoms with Gasteiger partial charge in [0.05, 0.1) is 17.7 Å². The van der Waals surface area contributed by atoms with Crippen molar-refractivity contribution in [1.82, 2.24) is 5.32 Å². The number of rotatable bonds is 1. The summed E-state index contributed by atoms with van der Waals surface area (Å²) in [5.41, 5.74) is -2.10. The van der Waals surface area contributed by atoms with Crippen molar-refractivity contribution in [3.05, 3.63) is 23.3 Å². The van der Waals surface area contributed by atoms with E-state index < -0.39 is 57.2 Å². The summed E-state index contributed by atoms with van der Waals surface area (Å²) in [7, 11) is 0. The number of hydrogen-bond donors (Lipinski definition) is 2. The first-order valence-corrected chi connectivity index (χ1v) is 14.7. The highest BCUT2D eigenvalue weighted by Gasteiger charge is 2.70. The van der Waals surface area contributed by atoms with Crippen molar-refractivity contribution >= 4 is 11.7 Å². The minimum atomic E-state index is -4.99. The number of hydrogen-bond acceptors (Lipinski definition) is 4. The number of nitriles is 1. The van der Waals surface area contributed by atoms with Gasteiger partial charge < -0.3 is 10.4 Å². The molecule has 3 saturated carbocycles. The molecule has 5 nitrogen and oxygen atoms in total. The van der Waals surface area contributed by atoms with Crippen LogP contribution in [0.3, 0.4) is 0 Å². The minimum absolute atomic E-state index is 0.0155. The van der Waals surface area contributed by atoms with Crippen LogP contribution in [0.25, 0.3) is 0 Å². The quantitative estimate of drug-likeness (QED) is 0.387. The molecule has 0 bridgehead atoms. The average molecular weight is 561 g/mol. The van der Waals surface area contributed by atoms with E-state index in [0.29, 0.717) is 37.7 Å². The van der Waals surface area contributed by atoms with Crippen molar-refractivity contribution in [1.29, 1.82) is 5.26 Å². The molecule has 220 valence electrons. The molecule has 0 radical (unpaired) electrons. The van der Waals surface area contributed by atoms with Crippen LogP contribution in [0.2, 0.25) is 0 Å². The van der Waals surface area contributed by atoms with Gasteiger partial charge in [0.1, 0.15) is 0 Å². The largest absolute Gasteiger partial charge is 0.471 e. The number of nitrogens with one attached hydrogen (secondary N) is 1. The summed E-state index contributed by atoms with van der Waals surface area (Å²) < 4.78 is 40.5. The first-order chi connectivity index (χ1) is 18.2. The Bertz CT molecular complexity index is 1260. The number of fused-ring (bicyclic) bond motifs is 7. The minimum Gasteiger partial charge on any atom is -0.387 e. The van der Waals surface area contributed by atoms with Gasteiger partial charge in [-0.25, -0.2) is 0 Å². The molecule has 5 aliphatic carbocycles. The van der Waals surface area contributed by atoms with Gasteiger partial charge in [-0.3, -0.25) is 9.59 Å². The molecule has 0 aromatic rings. The van der Waals surface area contributed by atoms with Crippen LogP contribution in [-0.2, 0) is 9.59 Å². The van der Waals surface area contributed by atoms with E-state index in [1.807, 2.05) is 19.9 Å². The van der Waals surface area contributed by atoms with Gasteiger partial charge in [-0.05, 0) is 84.5 Å². The first-order valence-electron chi connectivity index (χ1n) is 14.7. The van der Waals surface area contributed by atoms with E-state index in [0.717, 1.165) is 18.4 Å². The first kappa shape index (κ1) is 29.4. The second-order valence-electron chi connectivity index (χ2n) is 15.6. The van der Waals surface area contributed by atoms with Crippen molar-refractivity contribution in [3.8, 4) is 6.07 Å². The monoisotopic (exact) mass is 560 g/mol. The Morgan fingerprint density at radius 2 is 1.68 bits per heavy atom. The summed E-state index contributed by atoms with van der Waals surface area (Å²) in [5.74, 6) is -2.92. The summed E-state index contributed by atoms with van der Waals surface area (Å²) in [6, 6.07) is 2.20. The molecule has 0 saturated heterocycles. The standard InChI is InChI=1S/C32H43F3N2O3/c1-26(2)10-12-31(37-25(40)32(33,34)35)13-11-30(7)23(19(31)16-26)20(38)14-22-28(5)15-18(17-36)24(39)27(3,4)21(28)8-9-29(22,30)6/h14-15,19,21,23-24,39H,8-13,16H2,1-7H3,(H,37,40)/t19-,21-,23-,24?,28-,29+,30+,31-/m0/s1. The third-order valence-electron chi connectivity index (χ3n) is 12.7. The Hall–Kier alpha value is -2.14. The smallest absolute Gasteiger partial charge is 0.387 e. The molecule has 2 N–H and O–H groups in total. The maximum Gasteiger partial charge on any atom is 0.471 e. The van der Waals surface area contributed by atoms with Gasteiger partial charge in [-0.2, -0.15) is 18.4 Å². The van der Waals surface area contributed by atoms with Gasteiger partial charge in [0.2, 0.25) is 0 Å². The molecule has 5 aliphatic rings. The normalized spacial score (nSPS) is 45.4. The van der Waals surface area contributed by atoms with E-state index in [1.54, 1.807) is 6.08 Å². The summed E-state index contributed by atoms with van der Waals surface area (Å²) in [6.45, 7) is 14.6. The third kappa shape index (κ3) is 3.75. The van der Waals surface area contributed by atoms with Crippen LogP contribution >= 0.6 is 0 Å². The van der Waals surface area contributed by atoms with Gasteiger partial charge in [0.15, 0.2) is 5.78 Å². The lowest BCUT2D eigenvalue weighted by Crippen LogP contribution is -2.70. The Labute approximate surface area is 235 Å². The molecule has 40 heavy (non-hydrogen) atoms. The van der Waals surface area contributed by atoms with Crippen molar-refractivity contribution in [2.24, 2.45) is 44.8 Å². The molecule has 8 heteroatoms. The van der Waals surface area contributed by atoms with Crippen LogP contribution in [0.4, 0.5) is 13.2 Å². The molecule has 0 aliphatic heterocycles. The maximum absolute atomic E-state index is 14.4. The van der Waals surface area contributed by atoms with E-state index in [1.165, 1.54) is 0 Å². The lowest BCUT2D eigenvalue weighted by atomic mass is 9.35. The lowest BCUT2D eigenvalue weighted by Gasteiger charge is -2.69. The molecule has 3 fully saturated rings. The Kier molecular flexibility index (Phi) is 6.21. The zero-order valence-electron chi connectivity index (χ0n) is 24.8. The lowest BCUT2D eigenvalue weighted by molar-refractivity contribution is -0.185. The second-order valence-corrected chi connectivity index (χ2v) is 15.6. The zero-order valence-corrected chi connectivity index (χ0v) is 24.8. The van der Waals surface area contributed by atoms with E-state index in [2.05, 4.69) is 46.0 Å². The third-order valence-corrected chi connectivity index (χ3v) is 12.7. The highest BCUT2D eigenvalue weighted by molar-refractivity contribution is 5.96. The van der Waals surface area contributed by atoms with Gasteiger partial charge in [0.25, 0.3) is 0 Å². The maximum atomic E-state index is 14.4. The predicted octanol–water partition coefficient (Wildman–Crippen LogP) is 6.43. The predicted molar refractivity (Wildman–Crippen MR) is 144 cm³/mol. The summed E-state index contributed by atoms with van der Waals surface area (Å²) in [4.78, 5) is 26.7. The Morgan fingerprint density at radius 3 is 2.27 bits per heavy atom. The van der Waals surface area contributed by atoms with Crippen molar-refractivity contribution < 1.29 is 27.9 Å². The number of amides is 1. The number of carbonyl (C=O) groups is 2.